The van der Waals surface area contributed by atoms with Crippen molar-refractivity contribution in [3.63, 3.8) is 0 Å². The summed E-state index contributed by atoms with van der Waals surface area (Å²) < 4.78 is 11.6. The molecule has 0 aromatic heterocycles. The Hall–Kier alpha value is -3.30. The summed E-state index contributed by atoms with van der Waals surface area (Å²) in [7, 11) is 8.12. The molecule has 0 saturated heterocycles. The highest BCUT2D eigenvalue weighted by molar-refractivity contribution is 5.29. The van der Waals surface area contributed by atoms with Crippen molar-refractivity contribution in [1.82, 2.24) is 20.4 Å². The predicted molar refractivity (Wildman–Crippen MR) is 139 cm³/mol. The predicted octanol–water partition coefficient (Wildman–Crippen LogP) is 3.30. The molecule has 0 aliphatic heterocycles. The van der Waals surface area contributed by atoms with E-state index in [1.54, 1.807) is 0 Å². The van der Waals surface area contributed by atoms with E-state index >= 15 is 0 Å². The van der Waals surface area contributed by atoms with E-state index in [2.05, 4.69) is 32.6 Å². The van der Waals surface area contributed by atoms with Crippen molar-refractivity contribution < 1.29 is 14.4 Å². The lowest BCUT2D eigenvalue weighted by atomic mass is 10.2. The Bertz CT molecular complexity index is 868. The van der Waals surface area contributed by atoms with Crippen LogP contribution in [0.5, 0.6) is 11.5 Å². The molecule has 0 atom stereocenters. The van der Waals surface area contributed by atoms with Crippen molar-refractivity contribution in [3.8, 4) is 11.5 Å². The van der Waals surface area contributed by atoms with Gasteiger partial charge in [-0.2, -0.15) is 0 Å². The quantitative estimate of drug-likeness (QED) is 0.200. The van der Waals surface area contributed by atoms with Crippen molar-refractivity contribution in [2.75, 3.05) is 54.5 Å². The normalized spacial score (nSPS) is 10.8. The molecule has 2 N–H and O–H groups in total. The number of nitrogens with one attached hydrogen (secondary N) is 2. The molecule has 0 heterocycles. The summed E-state index contributed by atoms with van der Waals surface area (Å²) >= 11 is 0. The van der Waals surface area contributed by atoms with E-state index in [9.17, 15) is 10.1 Å². The summed E-state index contributed by atoms with van der Waals surface area (Å²) in [5.41, 5.74) is 2.38. The topological polar surface area (TPSA) is 92.1 Å². The van der Waals surface area contributed by atoms with Crippen LogP contribution in [0.15, 0.2) is 60.6 Å². The smallest absolute Gasteiger partial charge is 0.274 e. The zero-order valence-electron chi connectivity index (χ0n) is 21.3. The second-order valence-corrected chi connectivity index (χ2v) is 8.86. The zero-order valence-corrected chi connectivity index (χ0v) is 21.3. The Morgan fingerprint density at radius 2 is 1.31 bits per heavy atom. The number of benzene rings is 2. The van der Waals surface area contributed by atoms with Gasteiger partial charge in [-0.1, -0.05) is 24.3 Å². The standard InChI is InChI=1S/C26H39N5O4/c1-29(2)19-22-9-5-11-24(17-22)34-15-7-13-27-26(21-31(32)33)28-14-8-16-35-25-12-6-10-23(18-25)20-30(3)4/h5-6,9-12,17-18,21,27-28H,7-8,13-16,19-20H2,1-4H3. The second-order valence-electron chi connectivity index (χ2n) is 8.86. The van der Waals surface area contributed by atoms with E-state index in [-0.39, 0.29) is 0 Å². The lowest BCUT2D eigenvalue weighted by molar-refractivity contribution is -0.404. The number of nitrogens with zero attached hydrogens (tertiary/aromatic N) is 3. The summed E-state index contributed by atoms with van der Waals surface area (Å²) in [4.78, 5) is 14.7. The Balaban J connectivity index is 1.66. The second kappa shape index (κ2) is 15.6. The van der Waals surface area contributed by atoms with Crippen LogP contribution in [0.4, 0.5) is 0 Å². The lowest BCUT2D eigenvalue weighted by Gasteiger charge is -2.14. The van der Waals surface area contributed by atoms with Gasteiger partial charge in [0, 0.05) is 26.2 Å². The van der Waals surface area contributed by atoms with Gasteiger partial charge in [-0.15, -0.1) is 0 Å². The highest BCUT2D eigenvalue weighted by Gasteiger charge is 2.04. The molecule has 2 aromatic carbocycles. The minimum atomic E-state index is -0.463. The maximum absolute atomic E-state index is 11.0. The highest BCUT2D eigenvalue weighted by atomic mass is 16.6. The Labute approximate surface area is 208 Å². The third-order valence-electron chi connectivity index (χ3n) is 4.84. The molecule has 2 rings (SSSR count). The molecule has 0 fully saturated rings. The van der Waals surface area contributed by atoms with Crippen LogP contribution in [-0.4, -0.2) is 69.2 Å². The summed E-state index contributed by atoms with van der Waals surface area (Å²) in [6.45, 7) is 3.86. The maximum atomic E-state index is 11.0. The Morgan fingerprint density at radius 1 is 0.857 bits per heavy atom. The van der Waals surface area contributed by atoms with Crippen molar-refractivity contribution in [3.05, 3.63) is 81.8 Å². The van der Waals surface area contributed by atoms with Gasteiger partial charge in [0.25, 0.3) is 6.20 Å². The fraction of sp³-hybridized carbons (Fsp3) is 0.462. The van der Waals surface area contributed by atoms with Crippen LogP contribution in [0, 0.1) is 10.1 Å². The first kappa shape index (κ1) is 27.9. The third kappa shape index (κ3) is 12.7. The van der Waals surface area contributed by atoms with E-state index in [1.807, 2.05) is 64.6 Å². The molecule has 0 aliphatic rings. The van der Waals surface area contributed by atoms with E-state index in [4.69, 9.17) is 9.47 Å². The monoisotopic (exact) mass is 485 g/mol. The zero-order chi connectivity index (χ0) is 25.5. The van der Waals surface area contributed by atoms with Gasteiger partial charge in [0.2, 0.25) is 0 Å². The number of rotatable bonds is 17. The number of ether oxygens (including phenoxy) is 2. The summed E-state index contributed by atoms with van der Waals surface area (Å²) in [6.07, 6.45) is 2.37. The van der Waals surface area contributed by atoms with Crippen molar-refractivity contribution in [1.29, 1.82) is 0 Å². The molecule has 0 amide bonds. The molecule has 0 radical (unpaired) electrons. The SMILES string of the molecule is CN(C)Cc1cccc(OCCCNC(=C[N+](=O)[O-])NCCCOc2cccc(CN(C)C)c2)c1. The lowest BCUT2D eigenvalue weighted by Crippen LogP contribution is -2.30. The van der Waals surface area contributed by atoms with Crippen LogP contribution in [0.3, 0.4) is 0 Å². The van der Waals surface area contributed by atoms with Gasteiger partial charge in [-0.05, 0) is 76.4 Å². The van der Waals surface area contributed by atoms with Gasteiger partial charge < -0.3 is 29.9 Å². The Kier molecular flexibility index (Phi) is 12.4. The van der Waals surface area contributed by atoms with Crippen LogP contribution >= 0.6 is 0 Å². The minimum absolute atomic E-state index is 0.385. The molecule has 9 heteroatoms. The van der Waals surface area contributed by atoms with Crippen LogP contribution in [0.2, 0.25) is 0 Å². The molecule has 0 saturated carbocycles. The first-order chi connectivity index (χ1) is 16.8. The molecule has 35 heavy (non-hydrogen) atoms. The number of hydrogen-bond acceptors (Lipinski definition) is 8. The first-order valence-corrected chi connectivity index (χ1v) is 11.9. The van der Waals surface area contributed by atoms with Gasteiger partial charge in [-0.3, -0.25) is 10.1 Å². The van der Waals surface area contributed by atoms with Gasteiger partial charge >= 0.3 is 0 Å². The first-order valence-electron chi connectivity index (χ1n) is 11.9. The van der Waals surface area contributed by atoms with Crippen LogP contribution in [0.1, 0.15) is 24.0 Å². The largest absolute Gasteiger partial charge is 0.494 e. The molecule has 0 aliphatic carbocycles. The van der Waals surface area contributed by atoms with E-state index in [0.717, 1.165) is 30.8 Å². The summed E-state index contributed by atoms with van der Waals surface area (Å²) in [5, 5.41) is 17.1. The molecule has 192 valence electrons. The van der Waals surface area contributed by atoms with Gasteiger partial charge in [-0.25, -0.2) is 0 Å². The Morgan fingerprint density at radius 3 is 1.71 bits per heavy atom. The van der Waals surface area contributed by atoms with Crippen LogP contribution in [0.25, 0.3) is 0 Å². The fourth-order valence-corrected chi connectivity index (χ4v) is 3.43. The molecular weight excluding hydrogens is 446 g/mol. The number of hydrogen-bond donors (Lipinski definition) is 2. The van der Waals surface area contributed by atoms with Gasteiger partial charge in [0.05, 0.1) is 18.1 Å². The molecule has 0 bridgehead atoms. The third-order valence-corrected chi connectivity index (χ3v) is 4.84. The van der Waals surface area contributed by atoms with Crippen LogP contribution < -0.4 is 20.1 Å². The molecule has 9 nitrogen and oxygen atoms in total. The summed E-state index contributed by atoms with van der Waals surface area (Å²) in [6, 6.07) is 16.1. The van der Waals surface area contributed by atoms with Crippen molar-refractivity contribution >= 4 is 0 Å². The summed E-state index contributed by atoms with van der Waals surface area (Å²) in [5.74, 6) is 2.04. The average Bonchev–Trinajstić information content (AvgIpc) is 2.77. The molecule has 2 aromatic rings. The van der Waals surface area contributed by atoms with Crippen molar-refractivity contribution in [2.45, 2.75) is 25.9 Å². The maximum Gasteiger partial charge on any atom is 0.274 e. The molecule has 0 unspecified atom stereocenters. The van der Waals surface area contributed by atoms with E-state index in [0.29, 0.717) is 45.0 Å². The number of nitro groups is 1. The van der Waals surface area contributed by atoms with Gasteiger partial charge in [0.1, 0.15) is 11.5 Å². The van der Waals surface area contributed by atoms with Gasteiger partial charge in [0.15, 0.2) is 5.82 Å². The molecular formula is C26H39N5O4. The molecule has 0 spiro atoms. The van der Waals surface area contributed by atoms with E-state index < -0.39 is 4.92 Å². The fourth-order valence-electron chi connectivity index (χ4n) is 3.43. The average molecular weight is 486 g/mol. The van der Waals surface area contributed by atoms with Crippen LogP contribution in [-0.2, 0) is 13.1 Å². The van der Waals surface area contributed by atoms with Crippen molar-refractivity contribution in [2.24, 2.45) is 0 Å². The van der Waals surface area contributed by atoms with E-state index in [1.165, 1.54) is 11.1 Å². The minimum Gasteiger partial charge on any atom is -0.494 e. The highest BCUT2D eigenvalue weighted by Crippen LogP contribution is 2.15.